The standard InChI is InChI=1S/C27H26N2O5/c1-32-19-6-2-16(3-7-19)17-4-8-22-21(12-17)26-20(23(14-30)28-22)10-11-29(26)27(31)18-5-9-24-25(13-18)34-15-33-24/h2-9,12-13,20,23,26,28,30H,10-11,14-15H2,1H3/t20-,23-,26-/m1/s1. The number of ether oxygens (including phenoxy) is 3. The van der Waals surface area contributed by atoms with Gasteiger partial charge in [-0.15, -0.1) is 0 Å². The molecule has 3 aliphatic rings. The van der Waals surface area contributed by atoms with E-state index in [9.17, 15) is 9.90 Å². The van der Waals surface area contributed by atoms with Crippen LogP contribution in [0.25, 0.3) is 11.1 Å². The molecule has 3 aromatic carbocycles. The molecule has 3 aliphatic heterocycles. The predicted molar refractivity (Wildman–Crippen MR) is 127 cm³/mol. The van der Waals surface area contributed by atoms with Crippen molar-refractivity contribution in [1.82, 2.24) is 4.90 Å². The number of amides is 1. The first-order chi connectivity index (χ1) is 16.7. The van der Waals surface area contributed by atoms with Crippen LogP contribution in [-0.2, 0) is 0 Å². The maximum Gasteiger partial charge on any atom is 0.254 e. The van der Waals surface area contributed by atoms with Crippen LogP contribution in [-0.4, -0.2) is 49.0 Å². The van der Waals surface area contributed by atoms with Crippen LogP contribution in [0.15, 0.2) is 60.7 Å². The van der Waals surface area contributed by atoms with E-state index in [1.165, 1.54) is 0 Å². The molecule has 3 atom stereocenters. The van der Waals surface area contributed by atoms with E-state index in [4.69, 9.17) is 14.2 Å². The van der Waals surface area contributed by atoms with Crippen LogP contribution < -0.4 is 19.5 Å². The van der Waals surface area contributed by atoms with Crippen molar-refractivity contribution < 1.29 is 24.1 Å². The SMILES string of the molecule is COc1ccc(-c2ccc3c(c2)[C@H]2[C@H](CCN2C(=O)c2ccc4c(c2)OCO4)[C@@H](CO)N3)cc1. The average molecular weight is 459 g/mol. The molecule has 6 rings (SSSR count). The van der Waals surface area contributed by atoms with E-state index in [1.807, 2.05) is 29.2 Å². The molecule has 1 amide bonds. The van der Waals surface area contributed by atoms with E-state index >= 15 is 0 Å². The number of aliphatic hydroxyl groups is 1. The van der Waals surface area contributed by atoms with Crippen molar-refractivity contribution in [3.8, 4) is 28.4 Å². The number of rotatable bonds is 4. The Kier molecular flexibility index (Phi) is 5.07. The Morgan fingerprint density at radius 2 is 1.85 bits per heavy atom. The minimum Gasteiger partial charge on any atom is -0.497 e. The molecule has 34 heavy (non-hydrogen) atoms. The van der Waals surface area contributed by atoms with E-state index in [0.717, 1.165) is 34.5 Å². The van der Waals surface area contributed by atoms with Gasteiger partial charge in [0.25, 0.3) is 5.91 Å². The van der Waals surface area contributed by atoms with E-state index in [2.05, 4.69) is 23.5 Å². The smallest absolute Gasteiger partial charge is 0.254 e. The number of hydrogen-bond acceptors (Lipinski definition) is 6. The van der Waals surface area contributed by atoms with Crippen molar-refractivity contribution in [3.05, 3.63) is 71.8 Å². The molecule has 0 radical (unpaired) electrons. The third kappa shape index (κ3) is 3.35. The molecular weight excluding hydrogens is 432 g/mol. The molecular formula is C27H26N2O5. The largest absolute Gasteiger partial charge is 0.497 e. The summed E-state index contributed by atoms with van der Waals surface area (Å²) in [5.41, 5.74) is 4.78. The van der Waals surface area contributed by atoms with Gasteiger partial charge in [-0.1, -0.05) is 18.2 Å². The van der Waals surface area contributed by atoms with Crippen LogP contribution in [0, 0.1) is 5.92 Å². The molecule has 0 bridgehead atoms. The van der Waals surface area contributed by atoms with E-state index in [-0.39, 0.29) is 37.3 Å². The van der Waals surface area contributed by atoms with Crippen molar-refractivity contribution in [1.29, 1.82) is 0 Å². The summed E-state index contributed by atoms with van der Waals surface area (Å²) in [6.07, 6.45) is 0.825. The second kappa shape index (κ2) is 8.25. The molecule has 0 saturated carbocycles. The molecule has 2 N–H and O–H groups in total. The first kappa shape index (κ1) is 20.9. The van der Waals surface area contributed by atoms with E-state index in [1.54, 1.807) is 25.3 Å². The lowest BCUT2D eigenvalue weighted by Crippen LogP contribution is -2.42. The van der Waals surface area contributed by atoms with Gasteiger partial charge >= 0.3 is 0 Å². The fraction of sp³-hybridized carbons (Fsp3) is 0.296. The zero-order valence-electron chi connectivity index (χ0n) is 18.9. The number of benzene rings is 3. The second-order valence-corrected chi connectivity index (χ2v) is 8.93. The Balaban J connectivity index is 1.38. The Bertz CT molecular complexity index is 1240. The molecule has 174 valence electrons. The van der Waals surface area contributed by atoms with Gasteiger partial charge in [0.1, 0.15) is 5.75 Å². The van der Waals surface area contributed by atoms with E-state index in [0.29, 0.717) is 23.6 Å². The number of carbonyl (C=O) groups excluding carboxylic acids is 1. The summed E-state index contributed by atoms with van der Waals surface area (Å²) in [4.78, 5) is 15.6. The normalized spacial score (nSPS) is 22.1. The van der Waals surface area contributed by atoms with Crippen LogP contribution in [0.2, 0.25) is 0 Å². The number of anilines is 1. The molecule has 0 unspecified atom stereocenters. The molecule has 3 heterocycles. The molecule has 0 aromatic heterocycles. The van der Waals surface area contributed by atoms with Crippen molar-refractivity contribution in [3.63, 3.8) is 0 Å². The first-order valence-corrected chi connectivity index (χ1v) is 11.5. The summed E-state index contributed by atoms with van der Waals surface area (Å²) in [5, 5.41) is 13.6. The zero-order chi connectivity index (χ0) is 23.2. The van der Waals surface area contributed by atoms with Crippen LogP contribution >= 0.6 is 0 Å². The summed E-state index contributed by atoms with van der Waals surface area (Å²) < 4.78 is 16.2. The van der Waals surface area contributed by atoms with Crippen LogP contribution in [0.4, 0.5) is 5.69 Å². The van der Waals surface area contributed by atoms with Gasteiger partial charge in [0.2, 0.25) is 6.79 Å². The summed E-state index contributed by atoms with van der Waals surface area (Å²) in [6.45, 7) is 0.826. The van der Waals surface area contributed by atoms with Gasteiger partial charge in [0.15, 0.2) is 11.5 Å². The number of methoxy groups -OCH3 is 1. The summed E-state index contributed by atoms with van der Waals surface area (Å²) in [7, 11) is 1.66. The third-order valence-electron chi connectivity index (χ3n) is 7.17. The Morgan fingerprint density at radius 1 is 1.06 bits per heavy atom. The minimum atomic E-state index is -0.121. The van der Waals surface area contributed by atoms with Crippen LogP contribution in [0.1, 0.15) is 28.4 Å². The van der Waals surface area contributed by atoms with Gasteiger partial charge in [0, 0.05) is 23.7 Å². The minimum absolute atomic E-state index is 0.0207. The Morgan fingerprint density at radius 3 is 2.65 bits per heavy atom. The average Bonchev–Trinajstić information content (AvgIpc) is 3.55. The maximum atomic E-state index is 13.7. The number of carbonyl (C=O) groups is 1. The lowest BCUT2D eigenvalue weighted by atomic mass is 9.82. The van der Waals surface area contributed by atoms with Crippen LogP contribution in [0.5, 0.6) is 17.2 Å². The molecule has 7 nitrogen and oxygen atoms in total. The first-order valence-electron chi connectivity index (χ1n) is 11.5. The number of fused-ring (bicyclic) bond motifs is 4. The molecule has 0 aliphatic carbocycles. The van der Waals surface area contributed by atoms with Crippen molar-refractivity contribution in [2.24, 2.45) is 5.92 Å². The third-order valence-corrected chi connectivity index (χ3v) is 7.17. The van der Waals surface area contributed by atoms with Gasteiger partial charge in [-0.3, -0.25) is 4.79 Å². The van der Waals surface area contributed by atoms with E-state index < -0.39 is 0 Å². The van der Waals surface area contributed by atoms with Gasteiger partial charge < -0.3 is 29.5 Å². The number of nitrogens with zero attached hydrogens (tertiary/aromatic N) is 1. The molecule has 1 saturated heterocycles. The fourth-order valence-electron chi connectivity index (χ4n) is 5.45. The lowest BCUT2D eigenvalue weighted by molar-refractivity contribution is 0.0700. The number of likely N-dealkylation sites (tertiary alicyclic amines) is 1. The van der Waals surface area contributed by atoms with Gasteiger partial charge in [0.05, 0.1) is 25.8 Å². The highest BCUT2D eigenvalue weighted by atomic mass is 16.7. The monoisotopic (exact) mass is 458 g/mol. The Hall–Kier alpha value is -3.71. The highest BCUT2D eigenvalue weighted by molar-refractivity contribution is 5.95. The molecule has 3 aromatic rings. The molecule has 0 spiro atoms. The quantitative estimate of drug-likeness (QED) is 0.613. The van der Waals surface area contributed by atoms with Gasteiger partial charge in [-0.05, 0) is 65.6 Å². The number of nitrogens with one attached hydrogen (secondary N) is 1. The number of aliphatic hydroxyl groups excluding tert-OH is 1. The zero-order valence-corrected chi connectivity index (χ0v) is 18.9. The predicted octanol–water partition coefficient (Wildman–Crippen LogP) is 4.08. The highest BCUT2D eigenvalue weighted by Gasteiger charge is 2.46. The summed E-state index contributed by atoms with van der Waals surface area (Å²) >= 11 is 0. The van der Waals surface area contributed by atoms with Crippen molar-refractivity contribution >= 4 is 11.6 Å². The topological polar surface area (TPSA) is 80.3 Å². The van der Waals surface area contributed by atoms with Gasteiger partial charge in [-0.2, -0.15) is 0 Å². The molecule has 1 fully saturated rings. The lowest BCUT2D eigenvalue weighted by Gasteiger charge is -2.39. The van der Waals surface area contributed by atoms with Gasteiger partial charge in [-0.25, -0.2) is 0 Å². The fourth-order valence-corrected chi connectivity index (χ4v) is 5.45. The maximum absolute atomic E-state index is 13.7. The van der Waals surface area contributed by atoms with Crippen molar-refractivity contribution in [2.75, 3.05) is 32.4 Å². The second-order valence-electron chi connectivity index (χ2n) is 8.93. The number of hydrogen-bond donors (Lipinski definition) is 2. The van der Waals surface area contributed by atoms with Crippen LogP contribution in [0.3, 0.4) is 0 Å². The molecule has 7 heteroatoms. The van der Waals surface area contributed by atoms with Crippen molar-refractivity contribution in [2.45, 2.75) is 18.5 Å². The Labute approximate surface area is 197 Å². The summed E-state index contributed by atoms with van der Waals surface area (Å²) in [5.74, 6) is 2.16. The highest BCUT2D eigenvalue weighted by Crippen LogP contribution is 2.48. The summed E-state index contributed by atoms with van der Waals surface area (Å²) in [6, 6.07) is 19.4.